The molecule has 0 bridgehead atoms. The van der Waals surface area contributed by atoms with Gasteiger partial charge in [0.15, 0.2) is 29.1 Å². The summed E-state index contributed by atoms with van der Waals surface area (Å²) in [6.45, 7) is 0. The summed E-state index contributed by atoms with van der Waals surface area (Å²) in [6, 6.07) is 3.47. The highest BCUT2D eigenvalue weighted by atomic mass is 79.9. The second-order valence-corrected chi connectivity index (χ2v) is 9.03. The van der Waals surface area contributed by atoms with E-state index in [-0.39, 0.29) is 3.97 Å². The van der Waals surface area contributed by atoms with E-state index in [0.717, 1.165) is 32.6 Å². The lowest BCUT2D eigenvalue weighted by atomic mass is 10.2. The van der Waals surface area contributed by atoms with Gasteiger partial charge in [-0.1, -0.05) is 15.9 Å². The van der Waals surface area contributed by atoms with Crippen LogP contribution in [0.3, 0.4) is 0 Å². The van der Waals surface area contributed by atoms with Gasteiger partial charge in [-0.05, 0) is 18.2 Å². The number of imidazole rings is 1. The number of hydrogen-bond donors (Lipinski definition) is 0. The third-order valence-electron chi connectivity index (χ3n) is 4.25. The molecule has 0 aliphatic carbocycles. The van der Waals surface area contributed by atoms with Crippen LogP contribution in [-0.4, -0.2) is 40.3 Å². The third kappa shape index (κ3) is 2.64. The van der Waals surface area contributed by atoms with Crippen LogP contribution < -0.4 is 5.69 Å². The van der Waals surface area contributed by atoms with Crippen LogP contribution in [0.25, 0.3) is 27.8 Å². The first-order valence-electron chi connectivity index (χ1n) is 7.83. The number of nitrogens with zero attached hydrogens (tertiary/aromatic N) is 4. The van der Waals surface area contributed by atoms with Crippen LogP contribution in [0.1, 0.15) is 0 Å². The highest BCUT2D eigenvalue weighted by Gasteiger charge is 2.33. The van der Waals surface area contributed by atoms with Crippen LogP contribution in [0.4, 0.5) is 13.2 Å². The maximum Gasteiger partial charge on any atom is 0.349 e. The van der Waals surface area contributed by atoms with Gasteiger partial charge < -0.3 is 4.42 Å². The number of fused-ring (bicyclic) bond motifs is 3. The SMILES string of the molecule is CN(C)S(=O)(=O)n1c(=O)n(-c2ccc(Br)cc2F)c2c(F)c(F)c3ncoc3c21. The minimum absolute atomic E-state index is 0.222. The van der Waals surface area contributed by atoms with E-state index in [1.54, 1.807) is 0 Å². The Kier molecular flexibility index (Phi) is 4.36. The van der Waals surface area contributed by atoms with Crippen molar-refractivity contribution in [2.75, 3.05) is 14.1 Å². The molecule has 0 aliphatic heterocycles. The summed E-state index contributed by atoms with van der Waals surface area (Å²) in [5.41, 5.74) is -4.30. The Labute approximate surface area is 169 Å². The van der Waals surface area contributed by atoms with Crippen LogP contribution in [0.15, 0.2) is 38.3 Å². The number of benzene rings is 2. The first kappa shape index (κ1) is 19.7. The molecule has 2 aromatic carbocycles. The minimum Gasteiger partial charge on any atom is -0.441 e. The van der Waals surface area contributed by atoms with Gasteiger partial charge in [0, 0.05) is 18.6 Å². The summed E-state index contributed by atoms with van der Waals surface area (Å²) >= 11 is 3.05. The molecular formula is C16H10BrF3N4O4S. The molecule has 0 spiro atoms. The average Bonchev–Trinajstić information content (AvgIpc) is 3.23. The van der Waals surface area contributed by atoms with Gasteiger partial charge in [-0.15, -0.1) is 0 Å². The topological polar surface area (TPSA) is 90.3 Å². The van der Waals surface area contributed by atoms with E-state index in [1.165, 1.54) is 6.07 Å². The molecule has 2 heterocycles. The van der Waals surface area contributed by atoms with Crippen LogP contribution in [0.5, 0.6) is 0 Å². The van der Waals surface area contributed by atoms with Crippen molar-refractivity contribution in [3.05, 3.63) is 57.0 Å². The van der Waals surface area contributed by atoms with Gasteiger partial charge >= 0.3 is 15.9 Å². The minimum atomic E-state index is -4.53. The summed E-state index contributed by atoms with van der Waals surface area (Å²) in [5.74, 6) is -4.01. The lowest BCUT2D eigenvalue weighted by Gasteiger charge is -2.11. The van der Waals surface area contributed by atoms with E-state index < -0.39 is 61.2 Å². The van der Waals surface area contributed by atoms with Crippen molar-refractivity contribution in [2.24, 2.45) is 0 Å². The van der Waals surface area contributed by atoms with Crippen LogP contribution >= 0.6 is 15.9 Å². The zero-order chi connectivity index (χ0) is 21.2. The van der Waals surface area contributed by atoms with Crippen molar-refractivity contribution < 1.29 is 26.0 Å². The van der Waals surface area contributed by atoms with E-state index >= 15 is 0 Å². The van der Waals surface area contributed by atoms with Crippen molar-refractivity contribution in [1.82, 2.24) is 17.8 Å². The Balaban J connectivity index is 2.35. The number of hydrogen-bond acceptors (Lipinski definition) is 5. The first-order chi connectivity index (χ1) is 13.6. The summed E-state index contributed by atoms with van der Waals surface area (Å²) in [7, 11) is -2.25. The molecule has 0 radical (unpaired) electrons. The maximum atomic E-state index is 15.0. The predicted molar refractivity (Wildman–Crippen MR) is 101 cm³/mol. The number of oxazole rings is 1. The molecule has 0 atom stereocenters. The van der Waals surface area contributed by atoms with Crippen LogP contribution in [-0.2, 0) is 10.2 Å². The van der Waals surface area contributed by atoms with Gasteiger partial charge in [0.2, 0.25) is 0 Å². The normalized spacial score (nSPS) is 12.5. The average molecular weight is 491 g/mol. The molecule has 13 heteroatoms. The Bertz CT molecular complexity index is 1470. The van der Waals surface area contributed by atoms with Crippen molar-refractivity contribution in [3.8, 4) is 5.69 Å². The third-order valence-corrected chi connectivity index (χ3v) is 6.47. The van der Waals surface area contributed by atoms with E-state index in [4.69, 9.17) is 4.42 Å². The predicted octanol–water partition coefficient (Wildman–Crippen LogP) is 2.77. The second kappa shape index (κ2) is 6.43. The van der Waals surface area contributed by atoms with Crippen molar-refractivity contribution in [3.63, 3.8) is 0 Å². The van der Waals surface area contributed by atoms with Crippen molar-refractivity contribution >= 4 is 48.3 Å². The molecule has 0 aliphatic rings. The first-order valence-corrected chi connectivity index (χ1v) is 10.0. The largest absolute Gasteiger partial charge is 0.441 e. The highest BCUT2D eigenvalue weighted by molar-refractivity contribution is 9.10. The van der Waals surface area contributed by atoms with Gasteiger partial charge in [-0.2, -0.15) is 16.7 Å². The highest BCUT2D eigenvalue weighted by Crippen LogP contribution is 2.33. The fourth-order valence-electron chi connectivity index (χ4n) is 2.93. The molecule has 29 heavy (non-hydrogen) atoms. The van der Waals surface area contributed by atoms with E-state index in [9.17, 15) is 26.4 Å². The van der Waals surface area contributed by atoms with Gasteiger partial charge in [0.1, 0.15) is 16.9 Å². The van der Waals surface area contributed by atoms with Gasteiger partial charge in [-0.3, -0.25) is 4.57 Å². The Morgan fingerprint density at radius 2 is 1.83 bits per heavy atom. The molecule has 2 aromatic heterocycles. The van der Waals surface area contributed by atoms with Crippen molar-refractivity contribution in [1.29, 1.82) is 0 Å². The summed E-state index contributed by atoms with van der Waals surface area (Å²) in [4.78, 5) is 16.6. The molecule has 0 fully saturated rings. The molecule has 4 rings (SSSR count). The zero-order valence-corrected chi connectivity index (χ0v) is 17.1. The van der Waals surface area contributed by atoms with E-state index in [0.29, 0.717) is 13.3 Å². The lowest BCUT2D eigenvalue weighted by Crippen LogP contribution is -2.36. The standard InChI is InChI=1S/C16H10BrF3N4O4S/c1-22(2)29(26,27)24-14-13(11(20)10(19)12-15(14)28-6-21-12)23(16(24)25)9-4-3-7(17)5-8(9)18/h3-6H,1-2H3. The number of aromatic nitrogens is 3. The van der Waals surface area contributed by atoms with Crippen molar-refractivity contribution in [2.45, 2.75) is 0 Å². The lowest BCUT2D eigenvalue weighted by molar-refractivity contribution is 0.509. The molecular weight excluding hydrogens is 481 g/mol. The quantitative estimate of drug-likeness (QED) is 0.440. The monoisotopic (exact) mass is 490 g/mol. The van der Waals surface area contributed by atoms with Gasteiger partial charge in [-0.25, -0.2) is 22.9 Å². The summed E-state index contributed by atoms with van der Waals surface area (Å²) in [5, 5.41) is 0. The maximum absolute atomic E-state index is 15.0. The smallest absolute Gasteiger partial charge is 0.349 e. The molecule has 0 saturated carbocycles. The zero-order valence-electron chi connectivity index (χ0n) is 14.7. The Morgan fingerprint density at radius 3 is 2.45 bits per heavy atom. The molecule has 0 saturated heterocycles. The number of rotatable bonds is 3. The molecule has 0 N–H and O–H groups in total. The molecule has 0 amide bonds. The Morgan fingerprint density at radius 1 is 1.14 bits per heavy atom. The van der Waals surface area contributed by atoms with Gasteiger partial charge in [0.05, 0.1) is 5.69 Å². The fraction of sp³-hybridized carbons (Fsp3) is 0.125. The molecule has 4 aromatic rings. The van der Waals surface area contributed by atoms with Crippen LogP contribution in [0.2, 0.25) is 0 Å². The second-order valence-electron chi connectivity index (χ2n) is 6.12. The van der Waals surface area contributed by atoms with Gasteiger partial charge in [0.25, 0.3) is 0 Å². The number of halogens is 4. The molecule has 152 valence electrons. The summed E-state index contributed by atoms with van der Waals surface area (Å²) < 4.78 is 76.5. The molecule has 8 nitrogen and oxygen atoms in total. The van der Waals surface area contributed by atoms with E-state index in [1.807, 2.05) is 0 Å². The summed E-state index contributed by atoms with van der Waals surface area (Å²) in [6.07, 6.45) is 0.779. The Hall–Kier alpha value is -2.64. The van der Waals surface area contributed by atoms with Crippen LogP contribution in [0, 0.1) is 17.5 Å². The molecule has 0 unspecified atom stereocenters. The fourth-order valence-corrected chi connectivity index (χ4v) is 4.27. The van der Waals surface area contributed by atoms with E-state index in [2.05, 4.69) is 20.9 Å².